The smallest absolute Gasteiger partial charge is 0.238 e. The van der Waals surface area contributed by atoms with Crippen LogP contribution in [0, 0.1) is 5.92 Å². The fourth-order valence-electron chi connectivity index (χ4n) is 2.08. The van der Waals surface area contributed by atoms with Crippen LogP contribution in [0.25, 0.3) is 0 Å². The average Bonchev–Trinajstić information content (AvgIpc) is 2.13. The molecule has 0 amide bonds. The van der Waals surface area contributed by atoms with Gasteiger partial charge in [0.1, 0.15) is 0 Å². The molecule has 1 unspecified atom stereocenters. The fourth-order valence-corrected chi connectivity index (χ4v) is 2.64. The zero-order valence-electron chi connectivity index (χ0n) is 9.89. The van der Waals surface area contributed by atoms with Crippen molar-refractivity contribution in [1.82, 2.24) is 0 Å². The highest BCUT2D eigenvalue weighted by atomic mass is 32.2. The van der Waals surface area contributed by atoms with E-state index in [1.54, 1.807) is 12.1 Å². The van der Waals surface area contributed by atoms with E-state index in [9.17, 15) is 8.42 Å². The summed E-state index contributed by atoms with van der Waals surface area (Å²) in [5, 5.41) is 8.43. The quantitative estimate of drug-likeness (QED) is 0.862. The minimum absolute atomic E-state index is 0.156. The van der Waals surface area contributed by atoms with Gasteiger partial charge in [0.2, 0.25) is 10.0 Å². The summed E-state index contributed by atoms with van der Waals surface area (Å²) in [7, 11) is -3.61. The Morgan fingerprint density at radius 1 is 1.41 bits per heavy atom. The molecule has 17 heavy (non-hydrogen) atoms. The second-order valence-corrected chi connectivity index (χ2v) is 6.26. The zero-order valence-corrected chi connectivity index (χ0v) is 10.7. The normalized spacial score (nSPS) is 18.5. The first-order chi connectivity index (χ1) is 7.97. The highest BCUT2D eigenvalue weighted by Gasteiger charge is 2.23. The van der Waals surface area contributed by atoms with E-state index in [1.807, 2.05) is 6.07 Å². The first kappa shape index (κ1) is 12.4. The predicted molar refractivity (Wildman–Crippen MR) is 68.2 cm³/mol. The number of sulfonamides is 1. The number of benzene rings is 1. The van der Waals surface area contributed by atoms with Gasteiger partial charge < -0.3 is 5.32 Å². The van der Waals surface area contributed by atoms with Gasteiger partial charge in [0.15, 0.2) is 0 Å². The molecule has 1 fully saturated rings. The predicted octanol–water partition coefficient (Wildman–Crippen LogP) is 1.93. The molecule has 0 aromatic heterocycles. The van der Waals surface area contributed by atoms with Crippen molar-refractivity contribution in [2.45, 2.75) is 37.1 Å². The van der Waals surface area contributed by atoms with Crippen LogP contribution in [0.2, 0.25) is 0 Å². The van der Waals surface area contributed by atoms with Crippen LogP contribution in [0.4, 0.5) is 5.69 Å². The maximum Gasteiger partial charge on any atom is 0.238 e. The second kappa shape index (κ2) is 4.66. The van der Waals surface area contributed by atoms with Crippen molar-refractivity contribution < 1.29 is 8.42 Å². The lowest BCUT2D eigenvalue weighted by Crippen LogP contribution is -2.30. The number of nitrogens with two attached hydrogens (primary N) is 1. The monoisotopic (exact) mass is 254 g/mol. The Balaban J connectivity index is 2.11. The molecule has 2 rings (SSSR count). The molecule has 1 aromatic rings. The Labute approximate surface area is 102 Å². The largest absolute Gasteiger partial charge is 0.382 e. The Morgan fingerprint density at radius 2 is 2.12 bits per heavy atom. The number of hydrogen-bond acceptors (Lipinski definition) is 3. The molecule has 0 saturated heterocycles. The van der Waals surface area contributed by atoms with Crippen LogP contribution in [0.15, 0.2) is 29.2 Å². The van der Waals surface area contributed by atoms with E-state index in [0.29, 0.717) is 12.0 Å². The van der Waals surface area contributed by atoms with Crippen molar-refractivity contribution in [3.63, 3.8) is 0 Å². The van der Waals surface area contributed by atoms with Gasteiger partial charge in [-0.1, -0.05) is 12.5 Å². The van der Waals surface area contributed by atoms with E-state index >= 15 is 0 Å². The zero-order chi connectivity index (χ0) is 12.5. The Kier molecular flexibility index (Phi) is 3.40. The third-order valence-corrected chi connectivity index (χ3v) is 4.32. The molecular weight excluding hydrogens is 236 g/mol. The standard InChI is InChI=1S/C12H18N2O2S/c1-9(10-4-2-5-10)14-11-6-3-7-12(8-11)17(13,15)16/h3,6-10,14H,2,4-5H2,1H3,(H2,13,15,16). The summed E-state index contributed by atoms with van der Waals surface area (Å²) in [6, 6.07) is 7.04. The third kappa shape index (κ3) is 2.98. The molecule has 1 saturated carbocycles. The van der Waals surface area contributed by atoms with E-state index in [4.69, 9.17) is 5.14 Å². The van der Waals surface area contributed by atoms with E-state index < -0.39 is 10.0 Å². The van der Waals surface area contributed by atoms with E-state index in [-0.39, 0.29) is 4.90 Å². The molecule has 1 aromatic carbocycles. The fraction of sp³-hybridized carbons (Fsp3) is 0.500. The number of primary sulfonamides is 1. The number of anilines is 1. The van der Waals surface area contributed by atoms with Crippen molar-refractivity contribution in [3.05, 3.63) is 24.3 Å². The van der Waals surface area contributed by atoms with Gasteiger partial charge in [0.25, 0.3) is 0 Å². The molecule has 3 N–H and O–H groups in total. The van der Waals surface area contributed by atoms with Crippen LogP contribution in [0.1, 0.15) is 26.2 Å². The van der Waals surface area contributed by atoms with Crippen LogP contribution in [0.3, 0.4) is 0 Å². The van der Waals surface area contributed by atoms with E-state index in [0.717, 1.165) is 5.69 Å². The summed E-state index contributed by atoms with van der Waals surface area (Å²) < 4.78 is 22.4. The summed E-state index contributed by atoms with van der Waals surface area (Å²) in [4.78, 5) is 0.156. The molecule has 0 heterocycles. The van der Waals surface area contributed by atoms with Crippen LogP contribution >= 0.6 is 0 Å². The molecular formula is C12H18N2O2S. The molecule has 0 radical (unpaired) electrons. The first-order valence-corrected chi connectivity index (χ1v) is 7.41. The minimum Gasteiger partial charge on any atom is -0.382 e. The highest BCUT2D eigenvalue weighted by Crippen LogP contribution is 2.31. The van der Waals surface area contributed by atoms with Crippen LogP contribution in [-0.4, -0.2) is 14.5 Å². The molecule has 1 aliphatic carbocycles. The molecule has 1 aliphatic rings. The SMILES string of the molecule is CC(Nc1cccc(S(N)(=O)=O)c1)C1CCC1. The maximum absolute atomic E-state index is 11.2. The lowest BCUT2D eigenvalue weighted by molar-refractivity contribution is 0.285. The summed E-state index contributed by atoms with van der Waals surface area (Å²) in [6.07, 6.45) is 3.81. The van der Waals surface area contributed by atoms with Crippen molar-refractivity contribution in [2.75, 3.05) is 5.32 Å². The van der Waals surface area contributed by atoms with Gasteiger partial charge in [0.05, 0.1) is 4.90 Å². The van der Waals surface area contributed by atoms with Gasteiger partial charge in [0, 0.05) is 11.7 Å². The van der Waals surface area contributed by atoms with Crippen molar-refractivity contribution in [2.24, 2.45) is 11.1 Å². The molecule has 0 aliphatic heterocycles. The summed E-state index contributed by atoms with van der Waals surface area (Å²) in [5.41, 5.74) is 0.816. The molecule has 1 atom stereocenters. The van der Waals surface area contributed by atoms with Crippen LogP contribution < -0.4 is 10.5 Å². The molecule has 0 bridgehead atoms. The summed E-state index contributed by atoms with van der Waals surface area (Å²) in [6.45, 7) is 2.13. The lowest BCUT2D eigenvalue weighted by atomic mass is 9.80. The summed E-state index contributed by atoms with van der Waals surface area (Å²) in [5.74, 6) is 0.702. The van der Waals surface area contributed by atoms with Gasteiger partial charge in [-0.15, -0.1) is 0 Å². The maximum atomic E-state index is 11.2. The topological polar surface area (TPSA) is 72.2 Å². The average molecular weight is 254 g/mol. The van der Waals surface area contributed by atoms with Crippen LogP contribution in [-0.2, 0) is 10.0 Å². The minimum atomic E-state index is -3.61. The van der Waals surface area contributed by atoms with Gasteiger partial charge in [-0.2, -0.15) is 0 Å². The van der Waals surface area contributed by atoms with Gasteiger partial charge in [-0.3, -0.25) is 0 Å². The van der Waals surface area contributed by atoms with Crippen molar-refractivity contribution >= 4 is 15.7 Å². The number of hydrogen-bond donors (Lipinski definition) is 2. The second-order valence-electron chi connectivity index (χ2n) is 4.70. The third-order valence-electron chi connectivity index (χ3n) is 3.41. The van der Waals surface area contributed by atoms with Gasteiger partial charge >= 0.3 is 0 Å². The first-order valence-electron chi connectivity index (χ1n) is 5.86. The van der Waals surface area contributed by atoms with E-state index in [1.165, 1.54) is 25.3 Å². The molecule has 0 spiro atoms. The van der Waals surface area contributed by atoms with Crippen molar-refractivity contribution in [1.29, 1.82) is 0 Å². The molecule has 5 heteroatoms. The molecule has 4 nitrogen and oxygen atoms in total. The van der Waals surface area contributed by atoms with Gasteiger partial charge in [-0.25, -0.2) is 13.6 Å². The van der Waals surface area contributed by atoms with E-state index in [2.05, 4.69) is 12.2 Å². The van der Waals surface area contributed by atoms with Crippen LogP contribution in [0.5, 0.6) is 0 Å². The number of rotatable bonds is 4. The van der Waals surface area contributed by atoms with Gasteiger partial charge in [-0.05, 0) is 43.9 Å². The number of nitrogens with one attached hydrogen (secondary N) is 1. The van der Waals surface area contributed by atoms with Crippen molar-refractivity contribution in [3.8, 4) is 0 Å². The lowest BCUT2D eigenvalue weighted by Gasteiger charge is -2.32. The Bertz CT molecular complexity index is 495. The molecule has 94 valence electrons. The Morgan fingerprint density at radius 3 is 2.65 bits per heavy atom. The highest BCUT2D eigenvalue weighted by molar-refractivity contribution is 7.89. The summed E-state index contributed by atoms with van der Waals surface area (Å²) >= 11 is 0. The Hall–Kier alpha value is -1.07.